The summed E-state index contributed by atoms with van der Waals surface area (Å²) in [6.45, 7) is 4.22. The highest BCUT2D eigenvalue weighted by Gasteiger charge is 2.05. The lowest BCUT2D eigenvalue weighted by Gasteiger charge is -2.08. The molecule has 0 saturated carbocycles. The molecule has 0 aliphatic carbocycles. The molecule has 2 aromatic carbocycles. The van der Waals surface area contributed by atoms with Gasteiger partial charge in [-0.2, -0.15) is 0 Å². The van der Waals surface area contributed by atoms with E-state index >= 15 is 0 Å². The lowest BCUT2D eigenvalue weighted by atomic mass is 9.99. The van der Waals surface area contributed by atoms with Gasteiger partial charge in [0.15, 0.2) is 8.77 Å². The standard InChI is InChI=1S/C16H18O2S2/c1-12-3-4-13(2)15(11-12)8-5-14-6-9-16(10-7-14)20(17,18)19/h3-4,6-7,9-11H,5,8H2,1-2H3,(H,17,18,19). The van der Waals surface area contributed by atoms with Crippen LogP contribution >= 0.6 is 0 Å². The Balaban J connectivity index is 2.10. The molecule has 0 saturated heterocycles. The largest absolute Gasteiger partial charge is 0.302 e. The highest BCUT2D eigenvalue weighted by molar-refractivity contribution is 8.29. The third-order valence-electron chi connectivity index (χ3n) is 3.41. The van der Waals surface area contributed by atoms with E-state index < -0.39 is 8.77 Å². The van der Waals surface area contributed by atoms with E-state index in [0.29, 0.717) is 4.90 Å². The first-order chi connectivity index (χ1) is 9.36. The summed E-state index contributed by atoms with van der Waals surface area (Å²) in [6, 6.07) is 13.5. The quantitative estimate of drug-likeness (QED) is 0.936. The number of hydrogen-bond acceptors (Lipinski definition) is 2. The minimum Gasteiger partial charge on any atom is -0.302 e. The molecule has 20 heavy (non-hydrogen) atoms. The van der Waals surface area contributed by atoms with Gasteiger partial charge in [-0.15, -0.1) is 0 Å². The van der Waals surface area contributed by atoms with Gasteiger partial charge in [-0.3, -0.25) is 0 Å². The van der Waals surface area contributed by atoms with Crippen LogP contribution < -0.4 is 0 Å². The highest BCUT2D eigenvalue weighted by Crippen LogP contribution is 2.16. The van der Waals surface area contributed by atoms with Crippen molar-refractivity contribution in [1.82, 2.24) is 0 Å². The van der Waals surface area contributed by atoms with Crippen LogP contribution in [0.2, 0.25) is 0 Å². The molecule has 0 heterocycles. The summed E-state index contributed by atoms with van der Waals surface area (Å²) in [6.07, 6.45) is 1.88. The fourth-order valence-electron chi connectivity index (χ4n) is 2.18. The van der Waals surface area contributed by atoms with Crippen LogP contribution in [0.1, 0.15) is 22.3 Å². The highest BCUT2D eigenvalue weighted by atomic mass is 32.8. The first kappa shape index (κ1) is 15.2. The Kier molecular flexibility index (Phi) is 4.58. The van der Waals surface area contributed by atoms with Gasteiger partial charge in [0.05, 0.1) is 4.90 Å². The molecule has 4 heteroatoms. The van der Waals surface area contributed by atoms with Gasteiger partial charge in [0.2, 0.25) is 0 Å². The Morgan fingerprint density at radius 1 is 1.05 bits per heavy atom. The van der Waals surface area contributed by atoms with Crippen LogP contribution in [0.3, 0.4) is 0 Å². The lowest BCUT2D eigenvalue weighted by Crippen LogP contribution is -1.98. The summed E-state index contributed by atoms with van der Waals surface area (Å²) >= 11 is 4.55. The van der Waals surface area contributed by atoms with Crippen molar-refractivity contribution in [3.63, 3.8) is 0 Å². The van der Waals surface area contributed by atoms with Crippen LogP contribution in [-0.2, 0) is 32.8 Å². The molecule has 0 spiro atoms. The maximum absolute atomic E-state index is 11.3. The van der Waals surface area contributed by atoms with Gasteiger partial charge in [0.25, 0.3) is 0 Å². The van der Waals surface area contributed by atoms with Gasteiger partial charge in [0, 0.05) is 11.2 Å². The molecule has 0 radical (unpaired) electrons. The van der Waals surface area contributed by atoms with Crippen molar-refractivity contribution in [2.45, 2.75) is 31.6 Å². The Labute approximate surface area is 125 Å². The molecular weight excluding hydrogens is 288 g/mol. The Bertz CT molecular complexity index is 702. The average Bonchev–Trinajstić information content (AvgIpc) is 2.39. The lowest BCUT2D eigenvalue weighted by molar-refractivity contribution is 0.561. The second-order valence-electron chi connectivity index (χ2n) is 5.05. The van der Waals surface area contributed by atoms with Crippen LogP contribution in [0.4, 0.5) is 0 Å². The molecule has 106 valence electrons. The van der Waals surface area contributed by atoms with E-state index in [1.54, 1.807) is 12.1 Å². The van der Waals surface area contributed by atoms with Crippen molar-refractivity contribution < 1.29 is 8.76 Å². The normalized spacial score (nSPS) is 13.9. The van der Waals surface area contributed by atoms with Crippen LogP contribution in [0.25, 0.3) is 0 Å². The first-order valence-electron chi connectivity index (χ1n) is 6.49. The van der Waals surface area contributed by atoms with Gasteiger partial charge >= 0.3 is 0 Å². The molecule has 0 amide bonds. The molecule has 1 atom stereocenters. The molecule has 1 unspecified atom stereocenters. The Morgan fingerprint density at radius 2 is 1.70 bits per heavy atom. The number of benzene rings is 2. The van der Waals surface area contributed by atoms with Gasteiger partial charge in [-0.05, 0) is 55.5 Å². The topological polar surface area (TPSA) is 37.3 Å². The molecule has 0 aliphatic heterocycles. The molecule has 1 N–H and O–H groups in total. The number of hydrogen-bond donors (Lipinski definition) is 1. The third kappa shape index (κ3) is 3.88. The average molecular weight is 306 g/mol. The van der Waals surface area contributed by atoms with Gasteiger partial charge < -0.3 is 4.55 Å². The summed E-state index contributed by atoms with van der Waals surface area (Å²) in [5, 5.41) is 0. The maximum Gasteiger partial charge on any atom is 0.171 e. The first-order valence-corrected chi connectivity index (χ1v) is 8.93. The molecule has 2 nitrogen and oxygen atoms in total. The van der Waals surface area contributed by atoms with E-state index in [1.807, 2.05) is 12.1 Å². The molecule has 0 fully saturated rings. The zero-order valence-corrected chi connectivity index (χ0v) is 13.3. The minimum absolute atomic E-state index is 0.308. The summed E-state index contributed by atoms with van der Waals surface area (Å²) < 4.78 is 20.6. The van der Waals surface area contributed by atoms with E-state index in [4.69, 9.17) is 0 Å². The fourth-order valence-corrected chi connectivity index (χ4v) is 2.99. The number of rotatable bonds is 4. The molecule has 2 rings (SSSR count). The molecule has 0 bridgehead atoms. The predicted octanol–water partition coefficient (Wildman–Crippen LogP) is 3.67. The SMILES string of the molecule is Cc1ccc(C)c(CCc2ccc(S(=O)(O)=S)cc2)c1. The number of aryl methyl sites for hydroxylation is 4. The van der Waals surface area contributed by atoms with Crippen LogP contribution in [0, 0.1) is 13.8 Å². The van der Waals surface area contributed by atoms with Crippen molar-refractivity contribution in [3.05, 3.63) is 64.7 Å². The van der Waals surface area contributed by atoms with E-state index in [9.17, 15) is 8.76 Å². The van der Waals surface area contributed by atoms with Crippen molar-refractivity contribution in [3.8, 4) is 0 Å². The van der Waals surface area contributed by atoms with Crippen molar-refractivity contribution in [2.75, 3.05) is 0 Å². The van der Waals surface area contributed by atoms with Crippen molar-refractivity contribution >= 4 is 20.0 Å². The second-order valence-corrected chi connectivity index (χ2v) is 7.83. The zero-order chi connectivity index (χ0) is 14.8. The van der Waals surface area contributed by atoms with Crippen LogP contribution in [0.5, 0.6) is 0 Å². The maximum atomic E-state index is 11.3. The second kappa shape index (κ2) is 6.04. The van der Waals surface area contributed by atoms with E-state index in [1.165, 1.54) is 16.7 Å². The van der Waals surface area contributed by atoms with Crippen molar-refractivity contribution in [2.24, 2.45) is 0 Å². The van der Waals surface area contributed by atoms with Gasteiger partial charge in [0.1, 0.15) is 0 Å². The predicted molar refractivity (Wildman–Crippen MR) is 86.2 cm³/mol. The Hall–Kier alpha value is -1.23. The minimum atomic E-state index is -3.27. The summed E-state index contributed by atoms with van der Waals surface area (Å²) in [4.78, 5) is 0.308. The molecule has 0 aromatic heterocycles. The monoisotopic (exact) mass is 306 g/mol. The summed E-state index contributed by atoms with van der Waals surface area (Å²) in [5.41, 5.74) is 5.07. The zero-order valence-electron chi connectivity index (χ0n) is 11.6. The van der Waals surface area contributed by atoms with E-state index in [-0.39, 0.29) is 0 Å². The van der Waals surface area contributed by atoms with Crippen LogP contribution in [0.15, 0.2) is 47.4 Å². The Morgan fingerprint density at radius 3 is 2.30 bits per heavy atom. The van der Waals surface area contributed by atoms with E-state index in [0.717, 1.165) is 18.4 Å². The third-order valence-corrected chi connectivity index (χ3v) is 4.85. The summed E-state index contributed by atoms with van der Waals surface area (Å²) in [7, 11) is -3.27. The van der Waals surface area contributed by atoms with E-state index in [2.05, 4.69) is 43.2 Å². The molecule has 2 aromatic rings. The molecule has 0 aliphatic rings. The van der Waals surface area contributed by atoms with Gasteiger partial charge in [-0.25, -0.2) is 4.21 Å². The summed E-state index contributed by atoms with van der Waals surface area (Å²) in [5.74, 6) is 0. The van der Waals surface area contributed by atoms with Gasteiger partial charge in [-0.1, -0.05) is 35.9 Å². The molecular formula is C16H18O2S2. The van der Waals surface area contributed by atoms with Crippen LogP contribution in [-0.4, -0.2) is 8.76 Å². The smallest absolute Gasteiger partial charge is 0.171 e. The van der Waals surface area contributed by atoms with Crippen molar-refractivity contribution in [1.29, 1.82) is 0 Å². The fraction of sp³-hybridized carbons (Fsp3) is 0.250.